The summed E-state index contributed by atoms with van der Waals surface area (Å²) in [5.74, 6) is -6.13. The second-order valence-corrected chi connectivity index (χ2v) is 3.89. The molecule has 0 aromatic carbocycles. The van der Waals surface area contributed by atoms with Crippen molar-refractivity contribution in [2.24, 2.45) is 5.73 Å². The summed E-state index contributed by atoms with van der Waals surface area (Å²) in [5, 5.41) is 18.5. The van der Waals surface area contributed by atoms with E-state index >= 15 is 0 Å². The zero-order valence-corrected chi connectivity index (χ0v) is 10.9. The molecular formula is C10H12ClF5N2O2. The molecule has 1 heterocycles. The van der Waals surface area contributed by atoms with Crippen LogP contribution < -0.4 is 5.73 Å². The number of aromatic nitrogens is 1. The van der Waals surface area contributed by atoms with Crippen LogP contribution in [0.25, 0.3) is 0 Å². The number of aliphatic hydroxyl groups is 1. The first-order valence-corrected chi connectivity index (χ1v) is 5.02. The number of aromatic hydroxyl groups is 1. The van der Waals surface area contributed by atoms with Crippen LogP contribution in [-0.2, 0) is 6.61 Å². The monoisotopic (exact) mass is 322 g/mol. The Kier molecular flexibility index (Phi) is 5.70. The molecule has 0 aliphatic rings. The standard InChI is InChI=1S/C10H11F5N2O2.ClH/c1-4-7(19)6(5(3-18)2-17-4)8(16)9(11,12)10(13,14)15;/h2,8,18-19H,3,16H2,1H3;1H/t8-;/m0./s1. The van der Waals surface area contributed by atoms with Crippen molar-refractivity contribution in [1.29, 1.82) is 0 Å². The Labute approximate surface area is 116 Å². The van der Waals surface area contributed by atoms with E-state index in [9.17, 15) is 27.1 Å². The van der Waals surface area contributed by atoms with Crippen LogP contribution in [0.4, 0.5) is 22.0 Å². The molecule has 20 heavy (non-hydrogen) atoms. The van der Waals surface area contributed by atoms with E-state index in [1.165, 1.54) is 6.92 Å². The predicted molar refractivity (Wildman–Crippen MR) is 61.7 cm³/mol. The highest BCUT2D eigenvalue weighted by atomic mass is 35.5. The lowest BCUT2D eigenvalue weighted by Crippen LogP contribution is -2.46. The zero-order valence-electron chi connectivity index (χ0n) is 10.1. The van der Waals surface area contributed by atoms with Gasteiger partial charge in [-0.1, -0.05) is 0 Å². The van der Waals surface area contributed by atoms with E-state index < -0.39 is 36.1 Å². The predicted octanol–water partition coefficient (Wildman–Crippen LogP) is 2.21. The number of pyridine rings is 1. The Balaban J connectivity index is 0.00000361. The smallest absolute Gasteiger partial charge is 0.455 e. The minimum absolute atomic E-state index is 0. The third-order valence-corrected chi connectivity index (χ3v) is 2.61. The Bertz CT molecular complexity index is 481. The summed E-state index contributed by atoms with van der Waals surface area (Å²) in [7, 11) is 0. The van der Waals surface area contributed by atoms with Gasteiger partial charge in [0.05, 0.1) is 12.3 Å². The molecule has 0 aliphatic heterocycles. The number of alkyl halides is 5. The molecule has 0 fully saturated rings. The first-order valence-electron chi connectivity index (χ1n) is 5.02. The summed E-state index contributed by atoms with van der Waals surface area (Å²) in [6, 6.07) is -2.84. The Morgan fingerprint density at radius 2 is 1.80 bits per heavy atom. The molecule has 0 spiro atoms. The molecule has 0 amide bonds. The van der Waals surface area contributed by atoms with Crippen LogP contribution >= 0.6 is 12.4 Å². The largest absolute Gasteiger partial charge is 0.506 e. The summed E-state index contributed by atoms with van der Waals surface area (Å²) < 4.78 is 63.1. The number of aliphatic hydroxyl groups excluding tert-OH is 1. The molecule has 0 saturated carbocycles. The maximum absolute atomic E-state index is 13.2. The summed E-state index contributed by atoms with van der Waals surface area (Å²) in [4.78, 5) is 3.55. The molecule has 4 nitrogen and oxygen atoms in total. The molecule has 1 aromatic heterocycles. The lowest BCUT2D eigenvalue weighted by atomic mass is 9.95. The average molecular weight is 323 g/mol. The highest BCUT2D eigenvalue weighted by Gasteiger charge is 2.62. The number of hydrogen-bond donors (Lipinski definition) is 3. The van der Waals surface area contributed by atoms with E-state index in [0.29, 0.717) is 0 Å². The molecule has 0 aliphatic carbocycles. The topological polar surface area (TPSA) is 79.4 Å². The van der Waals surface area contributed by atoms with Gasteiger partial charge in [0.1, 0.15) is 11.8 Å². The number of hydrogen-bond acceptors (Lipinski definition) is 4. The molecular weight excluding hydrogens is 311 g/mol. The lowest BCUT2D eigenvalue weighted by molar-refractivity contribution is -0.291. The van der Waals surface area contributed by atoms with E-state index in [0.717, 1.165) is 6.20 Å². The fourth-order valence-corrected chi connectivity index (χ4v) is 1.48. The molecule has 10 heteroatoms. The lowest BCUT2D eigenvalue weighted by Gasteiger charge is -2.27. The van der Waals surface area contributed by atoms with Crippen molar-refractivity contribution in [3.63, 3.8) is 0 Å². The highest BCUT2D eigenvalue weighted by molar-refractivity contribution is 5.85. The van der Waals surface area contributed by atoms with Gasteiger partial charge in [-0.2, -0.15) is 22.0 Å². The molecule has 1 aromatic rings. The van der Waals surface area contributed by atoms with Crippen molar-refractivity contribution < 1.29 is 32.2 Å². The molecule has 0 saturated heterocycles. The van der Waals surface area contributed by atoms with Gasteiger partial charge in [0.25, 0.3) is 0 Å². The minimum Gasteiger partial charge on any atom is -0.506 e. The van der Waals surface area contributed by atoms with E-state index in [1.54, 1.807) is 0 Å². The van der Waals surface area contributed by atoms with Crippen molar-refractivity contribution in [3.8, 4) is 5.75 Å². The molecule has 0 radical (unpaired) electrons. The van der Waals surface area contributed by atoms with Gasteiger partial charge in [-0.05, 0) is 6.92 Å². The van der Waals surface area contributed by atoms with Gasteiger partial charge in [-0.15, -0.1) is 12.4 Å². The van der Waals surface area contributed by atoms with Crippen LogP contribution in [-0.4, -0.2) is 27.3 Å². The Morgan fingerprint density at radius 3 is 2.20 bits per heavy atom. The molecule has 1 atom stereocenters. The van der Waals surface area contributed by atoms with Crippen LogP contribution in [0, 0.1) is 6.92 Å². The second-order valence-electron chi connectivity index (χ2n) is 3.89. The molecule has 1 rings (SSSR count). The van der Waals surface area contributed by atoms with Crippen LogP contribution in [0.2, 0.25) is 0 Å². The first kappa shape index (κ1) is 18.8. The van der Waals surface area contributed by atoms with E-state index in [2.05, 4.69) is 4.98 Å². The van der Waals surface area contributed by atoms with Crippen LogP contribution in [0.3, 0.4) is 0 Å². The van der Waals surface area contributed by atoms with Gasteiger partial charge in [0, 0.05) is 17.3 Å². The maximum Gasteiger partial charge on any atom is 0.455 e. The summed E-state index contributed by atoms with van der Waals surface area (Å²) >= 11 is 0. The van der Waals surface area contributed by atoms with Gasteiger partial charge in [0.2, 0.25) is 0 Å². The van der Waals surface area contributed by atoms with Crippen LogP contribution in [0.15, 0.2) is 6.20 Å². The normalized spacial score (nSPS) is 13.8. The third-order valence-electron chi connectivity index (χ3n) is 2.61. The van der Waals surface area contributed by atoms with Crippen LogP contribution in [0.1, 0.15) is 22.9 Å². The van der Waals surface area contributed by atoms with E-state index in [4.69, 9.17) is 10.8 Å². The van der Waals surface area contributed by atoms with Crippen molar-refractivity contribution >= 4 is 12.4 Å². The zero-order chi connectivity index (χ0) is 15.0. The van der Waals surface area contributed by atoms with Crippen molar-refractivity contribution in [2.45, 2.75) is 31.7 Å². The first-order chi connectivity index (χ1) is 8.54. The number of nitrogens with two attached hydrogens (primary N) is 1. The van der Waals surface area contributed by atoms with Gasteiger partial charge in [0.15, 0.2) is 0 Å². The number of rotatable bonds is 3. The number of aryl methyl sites for hydroxylation is 1. The minimum atomic E-state index is -5.87. The average Bonchev–Trinajstić information content (AvgIpc) is 2.30. The fraction of sp³-hybridized carbons (Fsp3) is 0.500. The maximum atomic E-state index is 13.2. The van der Waals surface area contributed by atoms with E-state index in [-0.39, 0.29) is 23.7 Å². The van der Waals surface area contributed by atoms with Gasteiger partial charge < -0.3 is 15.9 Å². The number of halogens is 6. The van der Waals surface area contributed by atoms with Crippen molar-refractivity contribution in [1.82, 2.24) is 4.98 Å². The van der Waals surface area contributed by atoms with Gasteiger partial charge in [-0.3, -0.25) is 4.98 Å². The summed E-state index contributed by atoms with van der Waals surface area (Å²) in [6.45, 7) is 0.330. The van der Waals surface area contributed by atoms with Gasteiger partial charge >= 0.3 is 12.1 Å². The molecule has 4 N–H and O–H groups in total. The quantitative estimate of drug-likeness (QED) is 0.745. The number of nitrogens with zero attached hydrogens (tertiary/aromatic N) is 1. The summed E-state index contributed by atoms with van der Waals surface area (Å²) in [5.41, 5.74) is 3.52. The second kappa shape index (κ2) is 6.06. The van der Waals surface area contributed by atoms with Crippen molar-refractivity contribution in [3.05, 3.63) is 23.0 Å². The molecule has 0 unspecified atom stereocenters. The summed E-state index contributed by atoms with van der Waals surface area (Å²) in [6.07, 6.45) is -4.99. The Hall–Kier alpha value is -1.19. The Morgan fingerprint density at radius 1 is 1.30 bits per heavy atom. The molecule has 116 valence electrons. The van der Waals surface area contributed by atoms with E-state index in [1.807, 2.05) is 0 Å². The molecule has 0 bridgehead atoms. The van der Waals surface area contributed by atoms with Crippen LogP contribution in [0.5, 0.6) is 5.75 Å². The SMILES string of the molecule is Cc1ncc(CO)c([C@H](N)C(F)(F)C(F)(F)F)c1O.Cl. The highest BCUT2D eigenvalue weighted by Crippen LogP contribution is 2.46. The van der Waals surface area contributed by atoms with Gasteiger partial charge in [-0.25, -0.2) is 0 Å². The fourth-order valence-electron chi connectivity index (χ4n) is 1.48. The van der Waals surface area contributed by atoms with Crippen molar-refractivity contribution in [2.75, 3.05) is 0 Å². The third kappa shape index (κ3) is 3.10.